The maximum atomic E-state index is 12.4. The highest BCUT2D eigenvalue weighted by molar-refractivity contribution is 5.76. The lowest BCUT2D eigenvalue weighted by molar-refractivity contribution is -0.132. The summed E-state index contributed by atoms with van der Waals surface area (Å²) >= 11 is 0. The molecule has 2 aliphatic heterocycles. The van der Waals surface area contributed by atoms with Gasteiger partial charge in [0.2, 0.25) is 5.91 Å². The molecule has 0 N–H and O–H groups in total. The number of carbonyl (C=O) groups is 1. The Morgan fingerprint density at radius 3 is 2.70 bits per heavy atom. The van der Waals surface area contributed by atoms with Gasteiger partial charge in [-0.1, -0.05) is 30.3 Å². The summed E-state index contributed by atoms with van der Waals surface area (Å²) in [7, 11) is 1.70. The van der Waals surface area contributed by atoms with Gasteiger partial charge in [-0.05, 0) is 36.8 Å². The van der Waals surface area contributed by atoms with Gasteiger partial charge >= 0.3 is 0 Å². The van der Waals surface area contributed by atoms with Crippen LogP contribution in [-0.4, -0.2) is 55.6 Å². The zero-order valence-electron chi connectivity index (χ0n) is 14.1. The molecule has 126 valence electrons. The van der Waals surface area contributed by atoms with Gasteiger partial charge in [0.25, 0.3) is 0 Å². The van der Waals surface area contributed by atoms with E-state index in [0.717, 1.165) is 52.0 Å². The highest BCUT2D eigenvalue weighted by atomic mass is 16.5. The molecule has 0 aliphatic carbocycles. The number of benzene rings is 1. The van der Waals surface area contributed by atoms with Crippen molar-refractivity contribution in [3.8, 4) is 0 Å². The van der Waals surface area contributed by atoms with E-state index < -0.39 is 0 Å². The molecular formula is C19H28N2O2. The average Bonchev–Trinajstić information content (AvgIpc) is 2.72. The quantitative estimate of drug-likeness (QED) is 0.836. The Bertz CT molecular complexity index is 505. The van der Waals surface area contributed by atoms with Crippen molar-refractivity contribution >= 4 is 5.91 Å². The van der Waals surface area contributed by atoms with Crippen molar-refractivity contribution in [3.63, 3.8) is 0 Å². The molecule has 1 aromatic rings. The van der Waals surface area contributed by atoms with E-state index in [-0.39, 0.29) is 0 Å². The molecule has 2 saturated heterocycles. The summed E-state index contributed by atoms with van der Waals surface area (Å²) in [5, 5.41) is 0. The van der Waals surface area contributed by atoms with E-state index in [2.05, 4.69) is 35.2 Å². The SMILES string of the molecule is COCCN1CC[C@H]2CN(Cc3ccccc3)CC[C@H]2CC1=O. The van der Waals surface area contributed by atoms with Gasteiger partial charge in [0, 0.05) is 39.7 Å². The van der Waals surface area contributed by atoms with Crippen molar-refractivity contribution in [3.05, 3.63) is 35.9 Å². The second kappa shape index (κ2) is 7.93. The lowest BCUT2D eigenvalue weighted by atomic mass is 9.82. The number of methoxy groups -OCH3 is 1. The van der Waals surface area contributed by atoms with Crippen molar-refractivity contribution in [2.45, 2.75) is 25.8 Å². The van der Waals surface area contributed by atoms with Crippen LogP contribution in [0.15, 0.2) is 30.3 Å². The van der Waals surface area contributed by atoms with Crippen LogP contribution in [0.3, 0.4) is 0 Å². The van der Waals surface area contributed by atoms with Gasteiger partial charge in [0.15, 0.2) is 0 Å². The van der Waals surface area contributed by atoms with Gasteiger partial charge in [-0.25, -0.2) is 0 Å². The van der Waals surface area contributed by atoms with Crippen LogP contribution in [-0.2, 0) is 16.1 Å². The molecule has 0 unspecified atom stereocenters. The van der Waals surface area contributed by atoms with Gasteiger partial charge in [-0.15, -0.1) is 0 Å². The maximum Gasteiger partial charge on any atom is 0.222 e. The first-order valence-electron chi connectivity index (χ1n) is 8.79. The Labute approximate surface area is 139 Å². The third kappa shape index (κ3) is 4.33. The molecule has 2 fully saturated rings. The summed E-state index contributed by atoms with van der Waals surface area (Å²) in [5.41, 5.74) is 1.39. The number of nitrogens with zero attached hydrogens (tertiary/aromatic N) is 2. The molecule has 0 saturated carbocycles. The fourth-order valence-electron chi connectivity index (χ4n) is 3.97. The van der Waals surface area contributed by atoms with Crippen LogP contribution in [0.25, 0.3) is 0 Å². The van der Waals surface area contributed by atoms with Crippen molar-refractivity contribution in [2.75, 3.05) is 39.9 Å². The van der Waals surface area contributed by atoms with Crippen LogP contribution in [0, 0.1) is 11.8 Å². The zero-order chi connectivity index (χ0) is 16.1. The maximum absolute atomic E-state index is 12.4. The molecule has 0 bridgehead atoms. The van der Waals surface area contributed by atoms with Gasteiger partial charge in [-0.3, -0.25) is 9.69 Å². The van der Waals surface area contributed by atoms with Crippen molar-refractivity contribution in [2.24, 2.45) is 11.8 Å². The third-order valence-corrected chi connectivity index (χ3v) is 5.35. The number of likely N-dealkylation sites (tertiary alicyclic amines) is 2. The minimum Gasteiger partial charge on any atom is -0.383 e. The Balaban J connectivity index is 1.57. The standard InChI is InChI=1S/C19H28N2O2/c1-23-12-11-21-10-8-18-15-20(9-7-17(18)13-19(21)22)14-16-5-3-2-4-6-16/h2-6,17-18H,7-15H2,1H3/t17-,18-/m0/s1. The first kappa shape index (κ1) is 16.5. The van der Waals surface area contributed by atoms with Gasteiger partial charge in [-0.2, -0.15) is 0 Å². The first-order valence-corrected chi connectivity index (χ1v) is 8.79. The number of rotatable bonds is 5. The largest absolute Gasteiger partial charge is 0.383 e. The van der Waals surface area contributed by atoms with E-state index in [1.54, 1.807) is 7.11 Å². The zero-order valence-corrected chi connectivity index (χ0v) is 14.1. The number of carbonyl (C=O) groups excluding carboxylic acids is 1. The molecule has 2 aliphatic rings. The van der Waals surface area contributed by atoms with Crippen LogP contribution in [0.1, 0.15) is 24.8 Å². The minimum absolute atomic E-state index is 0.325. The molecule has 1 amide bonds. The Hall–Kier alpha value is -1.39. The Morgan fingerprint density at radius 1 is 1.13 bits per heavy atom. The van der Waals surface area contributed by atoms with E-state index in [1.807, 2.05) is 4.90 Å². The molecule has 1 aromatic carbocycles. The second-order valence-corrected chi connectivity index (χ2v) is 6.90. The molecule has 23 heavy (non-hydrogen) atoms. The van der Waals surface area contributed by atoms with Crippen molar-refractivity contribution < 1.29 is 9.53 Å². The highest BCUT2D eigenvalue weighted by Gasteiger charge is 2.34. The number of amides is 1. The van der Waals surface area contributed by atoms with Crippen molar-refractivity contribution in [1.82, 2.24) is 9.80 Å². The molecule has 2 atom stereocenters. The number of hydrogen-bond donors (Lipinski definition) is 0. The van der Waals surface area contributed by atoms with E-state index in [1.165, 1.54) is 5.56 Å². The Kier molecular flexibility index (Phi) is 5.68. The summed E-state index contributed by atoms with van der Waals surface area (Å²) in [4.78, 5) is 17.0. The molecule has 4 nitrogen and oxygen atoms in total. The van der Waals surface area contributed by atoms with E-state index in [9.17, 15) is 4.79 Å². The predicted octanol–water partition coefficient (Wildman–Crippen LogP) is 2.39. The monoisotopic (exact) mass is 316 g/mol. The third-order valence-electron chi connectivity index (χ3n) is 5.35. The average molecular weight is 316 g/mol. The number of ether oxygens (including phenoxy) is 1. The normalized spacial score (nSPS) is 26.0. The number of fused-ring (bicyclic) bond motifs is 1. The Morgan fingerprint density at radius 2 is 1.91 bits per heavy atom. The van der Waals surface area contributed by atoms with Gasteiger partial charge < -0.3 is 9.64 Å². The van der Waals surface area contributed by atoms with E-state index in [0.29, 0.717) is 24.3 Å². The molecule has 2 heterocycles. The molecule has 0 radical (unpaired) electrons. The lowest BCUT2D eigenvalue weighted by Gasteiger charge is -2.37. The molecular weight excluding hydrogens is 288 g/mol. The summed E-state index contributed by atoms with van der Waals surface area (Å²) < 4.78 is 5.13. The molecule has 4 heteroatoms. The molecule has 0 spiro atoms. The molecule has 3 rings (SSSR count). The molecule has 0 aromatic heterocycles. The van der Waals surface area contributed by atoms with Crippen LogP contribution in [0.2, 0.25) is 0 Å². The number of hydrogen-bond acceptors (Lipinski definition) is 3. The van der Waals surface area contributed by atoms with Crippen molar-refractivity contribution in [1.29, 1.82) is 0 Å². The van der Waals surface area contributed by atoms with Crippen LogP contribution in [0.5, 0.6) is 0 Å². The summed E-state index contributed by atoms with van der Waals surface area (Å²) in [6.07, 6.45) is 3.01. The van der Waals surface area contributed by atoms with Crippen LogP contribution >= 0.6 is 0 Å². The topological polar surface area (TPSA) is 32.8 Å². The van der Waals surface area contributed by atoms with Crippen LogP contribution < -0.4 is 0 Å². The van der Waals surface area contributed by atoms with Gasteiger partial charge in [0.1, 0.15) is 0 Å². The predicted molar refractivity (Wildman–Crippen MR) is 91.0 cm³/mol. The summed E-state index contributed by atoms with van der Waals surface area (Å²) in [5.74, 6) is 1.55. The van der Waals surface area contributed by atoms with Gasteiger partial charge in [0.05, 0.1) is 6.61 Å². The number of piperidine rings is 1. The summed E-state index contributed by atoms with van der Waals surface area (Å²) in [6, 6.07) is 10.7. The van der Waals surface area contributed by atoms with E-state index >= 15 is 0 Å². The van der Waals surface area contributed by atoms with Crippen LogP contribution in [0.4, 0.5) is 0 Å². The van der Waals surface area contributed by atoms with E-state index in [4.69, 9.17) is 4.74 Å². The fraction of sp³-hybridized carbons (Fsp3) is 0.632. The second-order valence-electron chi connectivity index (χ2n) is 6.90. The summed E-state index contributed by atoms with van der Waals surface area (Å²) in [6.45, 7) is 5.55. The highest BCUT2D eigenvalue weighted by Crippen LogP contribution is 2.32. The first-order chi connectivity index (χ1) is 11.3. The lowest BCUT2D eigenvalue weighted by Crippen LogP contribution is -2.40. The fourth-order valence-corrected chi connectivity index (χ4v) is 3.97. The minimum atomic E-state index is 0.325. The smallest absolute Gasteiger partial charge is 0.222 e.